The van der Waals surface area contributed by atoms with E-state index in [2.05, 4.69) is 218 Å². The molecule has 0 radical (unpaired) electrons. The lowest BCUT2D eigenvalue weighted by atomic mass is 9.82. The van der Waals surface area contributed by atoms with Gasteiger partial charge >= 0.3 is 0 Å². The maximum atomic E-state index is 2.45. The van der Waals surface area contributed by atoms with E-state index < -0.39 is 0 Å². The fourth-order valence-electron chi connectivity index (χ4n) is 10.0. The first-order valence-corrected chi connectivity index (χ1v) is 21.2. The molecule has 0 aliphatic heterocycles. The van der Waals surface area contributed by atoms with E-state index in [1.54, 1.807) is 0 Å². The van der Waals surface area contributed by atoms with Crippen LogP contribution in [0.1, 0.15) is 25.0 Å². The summed E-state index contributed by atoms with van der Waals surface area (Å²) in [5, 5.41) is 5.27. The zero-order valence-electron chi connectivity index (χ0n) is 32.4. The molecule has 0 saturated carbocycles. The topological polar surface area (TPSA) is 8.17 Å². The van der Waals surface area contributed by atoms with Gasteiger partial charge in [0, 0.05) is 71.0 Å². The van der Waals surface area contributed by atoms with E-state index in [1.165, 1.54) is 92.4 Å². The zero-order chi connectivity index (χ0) is 38.5. The van der Waals surface area contributed by atoms with Crippen LogP contribution in [-0.2, 0) is 5.41 Å². The van der Waals surface area contributed by atoms with Crippen molar-refractivity contribution in [1.82, 2.24) is 4.57 Å². The summed E-state index contributed by atoms with van der Waals surface area (Å²) in [6, 6.07) is 56.5. The van der Waals surface area contributed by atoms with Crippen LogP contribution in [-0.4, -0.2) is 4.57 Å². The van der Waals surface area contributed by atoms with Gasteiger partial charge in [0.25, 0.3) is 0 Å². The van der Waals surface area contributed by atoms with Crippen LogP contribution in [0.2, 0.25) is 0 Å². The van der Waals surface area contributed by atoms with E-state index in [-0.39, 0.29) is 5.41 Å². The van der Waals surface area contributed by atoms with Gasteiger partial charge in [-0.15, -0.1) is 11.3 Å². The Morgan fingerprint density at radius 1 is 0.552 bits per heavy atom. The second kappa shape index (κ2) is 12.7. The predicted octanol–water partition coefficient (Wildman–Crippen LogP) is 15.1. The summed E-state index contributed by atoms with van der Waals surface area (Å²) >= 11 is 1.90. The van der Waals surface area contributed by atoms with Crippen LogP contribution in [0, 0.1) is 11.8 Å². The van der Waals surface area contributed by atoms with Gasteiger partial charge in [0.15, 0.2) is 0 Å². The number of benzene rings is 7. The Balaban J connectivity index is 0.992. The number of rotatable bonds is 5. The number of allylic oxidation sites excluding steroid dienone is 7. The first kappa shape index (κ1) is 33.5. The molecule has 0 spiro atoms. The van der Waals surface area contributed by atoms with Gasteiger partial charge < -0.3 is 9.47 Å². The lowest BCUT2D eigenvalue weighted by Gasteiger charge is -2.32. The second-order valence-electron chi connectivity index (χ2n) is 16.5. The average molecular weight is 761 g/mol. The van der Waals surface area contributed by atoms with Gasteiger partial charge in [0.05, 0.1) is 11.0 Å². The third-order valence-electron chi connectivity index (χ3n) is 12.9. The first-order valence-electron chi connectivity index (χ1n) is 20.4. The normalized spacial score (nSPS) is 17.5. The van der Waals surface area contributed by atoms with E-state index in [4.69, 9.17) is 0 Å². The fraction of sp³-hybridized carbons (Fsp3) is 0.0909. The van der Waals surface area contributed by atoms with Gasteiger partial charge in [-0.2, -0.15) is 0 Å². The summed E-state index contributed by atoms with van der Waals surface area (Å²) in [6.07, 6.45) is 16.1. The number of hydrogen-bond donors (Lipinski definition) is 0. The fourth-order valence-corrected chi connectivity index (χ4v) is 11.3. The molecule has 12 rings (SSSR count). The monoisotopic (exact) mass is 760 g/mol. The Hall–Kier alpha value is -6.68. The van der Waals surface area contributed by atoms with E-state index >= 15 is 0 Å². The molecule has 2 atom stereocenters. The van der Waals surface area contributed by atoms with Crippen molar-refractivity contribution in [1.29, 1.82) is 0 Å². The quantitative estimate of drug-likeness (QED) is 0.170. The number of anilines is 2. The van der Waals surface area contributed by atoms with E-state index in [1.807, 2.05) is 11.3 Å². The molecule has 2 heterocycles. The van der Waals surface area contributed by atoms with Gasteiger partial charge in [-0.1, -0.05) is 147 Å². The van der Waals surface area contributed by atoms with Crippen molar-refractivity contribution in [3.05, 3.63) is 211 Å². The first-order chi connectivity index (χ1) is 28.5. The summed E-state index contributed by atoms with van der Waals surface area (Å²) in [6.45, 7) is 4.73. The smallest absolute Gasteiger partial charge is 0.0555 e. The van der Waals surface area contributed by atoms with Gasteiger partial charge in [-0.05, 0) is 94.1 Å². The van der Waals surface area contributed by atoms with Gasteiger partial charge in [0.1, 0.15) is 0 Å². The van der Waals surface area contributed by atoms with Gasteiger partial charge in [-0.3, -0.25) is 0 Å². The minimum atomic E-state index is -0.0835. The minimum absolute atomic E-state index is 0.0835. The highest BCUT2D eigenvalue weighted by Gasteiger charge is 2.36. The number of aromatic nitrogens is 1. The Labute approximate surface area is 342 Å². The van der Waals surface area contributed by atoms with Crippen LogP contribution < -0.4 is 4.90 Å². The highest BCUT2D eigenvalue weighted by atomic mass is 32.1. The van der Waals surface area contributed by atoms with Crippen LogP contribution in [0.4, 0.5) is 11.4 Å². The van der Waals surface area contributed by atoms with Gasteiger partial charge in [-0.25, -0.2) is 0 Å². The Kier molecular flexibility index (Phi) is 7.30. The van der Waals surface area contributed by atoms with Crippen LogP contribution >= 0.6 is 11.3 Å². The number of hydrogen-bond acceptors (Lipinski definition) is 2. The summed E-state index contributed by atoms with van der Waals surface area (Å²) in [7, 11) is 0. The molecule has 3 aliphatic carbocycles. The van der Waals surface area contributed by atoms with Gasteiger partial charge in [0.2, 0.25) is 0 Å². The minimum Gasteiger partial charge on any atom is -0.311 e. The van der Waals surface area contributed by atoms with E-state index in [0.717, 1.165) is 5.69 Å². The molecule has 0 N–H and O–H groups in total. The molecule has 0 saturated heterocycles. The molecule has 2 nitrogen and oxygen atoms in total. The molecular formula is C55H40N2S. The second-order valence-corrected chi connectivity index (χ2v) is 17.5. The predicted molar refractivity (Wildman–Crippen MR) is 248 cm³/mol. The van der Waals surface area contributed by atoms with Crippen LogP contribution in [0.25, 0.3) is 69.9 Å². The SMILES string of the molecule is CC1(C)c2ccccc2-c2ccc(N(C3=CC4C=CC=CC4C=C3)c3ccc(-c4ccc5c6c7sc8ccccc8c7ccc6n(-c6ccccc6)c5c4)cc3)cc21. The molecule has 3 heteroatoms. The molecule has 276 valence electrons. The molecule has 0 fully saturated rings. The van der Waals surface area contributed by atoms with Crippen molar-refractivity contribution in [2.45, 2.75) is 19.3 Å². The largest absolute Gasteiger partial charge is 0.311 e. The van der Waals surface area contributed by atoms with Crippen molar-refractivity contribution >= 4 is 64.7 Å². The Morgan fingerprint density at radius 2 is 1.28 bits per heavy atom. The number of fused-ring (bicyclic) bond motifs is 11. The summed E-state index contributed by atoms with van der Waals surface area (Å²) in [5.41, 5.74) is 14.9. The molecule has 3 aliphatic rings. The van der Waals surface area contributed by atoms with Crippen LogP contribution in [0.3, 0.4) is 0 Å². The van der Waals surface area contributed by atoms with Crippen molar-refractivity contribution in [3.8, 4) is 27.9 Å². The molecule has 9 aromatic rings. The molecule has 58 heavy (non-hydrogen) atoms. The summed E-state index contributed by atoms with van der Waals surface area (Å²) in [5.74, 6) is 0.724. The standard InChI is InChI=1S/C55H40N2S/c1-55(2)48-18-10-8-16-43(48)44-29-27-42(34-49(44)55)56(41-26-22-35-12-6-7-13-37(35)32-41)40-24-20-36(21-25-40)38-23-28-47-51(33-38)57(39-14-4-3-5-15-39)50-31-30-46-45-17-9-11-19-52(45)58-54(46)53(47)50/h3-35,37H,1-2H3. The van der Waals surface area contributed by atoms with Crippen LogP contribution in [0.5, 0.6) is 0 Å². The molecule has 0 bridgehead atoms. The lowest BCUT2D eigenvalue weighted by molar-refractivity contribution is 0.652. The Morgan fingerprint density at radius 3 is 2.16 bits per heavy atom. The third kappa shape index (κ3) is 4.96. The number of nitrogens with zero attached hydrogens (tertiary/aromatic N) is 2. The van der Waals surface area contributed by atoms with E-state index in [9.17, 15) is 0 Å². The molecular weight excluding hydrogens is 721 g/mol. The Bertz CT molecular complexity index is 3260. The van der Waals surface area contributed by atoms with E-state index in [0.29, 0.717) is 11.8 Å². The van der Waals surface area contributed by atoms with Crippen molar-refractivity contribution in [2.75, 3.05) is 4.90 Å². The highest BCUT2D eigenvalue weighted by Crippen LogP contribution is 2.51. The summed E-state index contributed by atoms with van der Waals surface area (Å²) in [4.78, 5) is 2.45. The van der Waals surface area contributed by atoms with Crippen molar-refractivity contribution in [2.24, 2.45) is 11.8 Å². The summed E-state index contributed by atoms with van der Waals surface area (Å²) < 4.78 is 5.13. The zero-order valence-corrected chi connectivity index (χ0v) is 33.2. The maximum absolute atomic E-state index is 2.45. The van der Waals surface area contributed by atoms with Crippen molar-refractivity contribution < 1.29 is 0 Å². The third-order valence-corrected chi connectivity index (χ3v) is 14.1. The average Bonchev–Trinajstić information content (AvgIpc) is 3.89. The highest BCUT2D eigenvalue weighted by molar-refractivity contribution is 7.26. The van der Waals surface area contributed by atoms with Crippen molar-refractivity contribution in [3.63, 3.8) is 0 Å². The molecule has 2 aromatic heterocycles. The number of para-hydroxylation sites is 1. The molecule has 2 unspecified atom stereocenters. The molecule has 0 amide bonds. The van der Waals surface area contributed by atoms with Crippen LogP contribution in [0.15, 0.2) is 200 Å². The lowest BCUT2D eigenvalue weighted by Crippen LogP contribution is -2.22. The molecule has 7 aromatic carbocycles. The number of thiophene rings is 1. The maximum Gasteiger partial charge on any atom is 0.0555 e.